The lowest BCUT2D eigenvalue weighted by atomic mass is 10.3. The Hall–Kier alpha value is -1.56. The van der Waals surface area contributed by atoms with Gasteiger partial charge in [0, 0.05) is 13.6 Å². The summed E-state index contributed by atoms with van der Waals surface area (Å²) in [5.74, 6) is -0.160. The standard InChI is InChI=1S/C11H21N5O/c1-15(2)7-5-4-6-13-11(17)10-9(12)8-14-16(10)3/h8H,4-7,12H2,1-3H3,(H,13,17). The van der Waals surface area contributed by atoms with Crippen LogP contribution in [0.3, 0.4) is 0 Å². The molecule has 0 radical (unpaired) electrons. The summed E-state index contributed by atoms with van der Waals surface area (Å²) in [6, 6.07) is 0. The van der Waals surface area contributed by atoms with Crippen LogP contribution < -0.4 is 11.1 Å². The van der Waals surface area contributed by atoms with Crippen LogP contribution in [-0.2, 0) is 7.05 Å². The lowest BCUT2D eigenvalue weighted by Gasteiger charge is -2.09. The Kier molecular flexibility index (Phi) is 4.96. The average molecular weight is 239 g/mol. The predicted molar refractivity (Wildman–Crippen MR) is 67.7 cm³/mol. The highest BCUT2D eigenvalue weighted by Crippen LogP contribution is 2.08. The van der Waals surface area contributed by atoms with Crippen LogP contribution in [0.25, 0.3) is 0 Å². The van der Waals surface area contributed by atoms with E-state index in [0.717, 1.165) is 19.4 Å². The number of nitrogens with one attached hydrogen (secondary N) is 1. The Balaban J connectivity index is 2.31. The second-order valence-corrected chi connectivity index (χ2v) is 4.34. The topological polar surface area (TPSA) is 76.2 Å². The van der Waals surface area contributed by atoms with Crippen molar-refractivity contribution in [3.63, 3.8) is 0 Å². The van der Waals surface area contributed by atoms with Gasteiger partial charge in [-0.15, -0.1) is 0 Å². The zero-order valence-corrected chi connectivity index (χ0v) is 10.7. The second-order valence-electron chi connectivity index (χ2n) is 4.34. The second kappa shape index (κ2) is 6.24. The molecule has 0 unspecified atom stereocenters. The SMILES string of the molecule is CN(C)CCCCNC(=O)c1c(N)cnn1C. The third kappa shape index (κ3) is 4.07. The Bertz CT molecular complexity index is 352. The van der Waals surface area contributed by atoms with Crippen LogP contribution in [0.2, 0.25) is 0 Å². The van der Waals surface area contributed by atoms with Crippen LogP contribution in [0.4, 0.5) is 5.69 Å². The lowest BCUT2D eigenvalue weighted by Crippen LogP contribution is -2.27. The molecular formula is C11H21N5O. The molecular weight excluding hydrogens is 218 g/mol. The zero-order chi connectivity index (χ0) is 12.8. The van der Waals surface area contributed by atoms with Crippen LogP contribution in [0.15, 0.2) is 6.20 Å². The highest BCUT2D eigenvalue weighted by Gasteiger charge is 2.13. The van der Waals surface area contributed by atoms with Gasteiger partial charge in [-0.25, -0.2) is 0 Å². The fourth-order valence-corrected chi connectivity index (χ4v) is 1.57. The highest BCUT2D eigenvalue weighted by atomic mass is 16.2. The van der Waals surface area contributed by atoms with E-state index < -0.39 is 0 Å². The molecule has 1 aromatic heterocycles. The number of hydrogen-bond donors (Lipinski definition) is 2. The molecule has 96 valence electrons. The predicted octanol–water partition coefficient (Wildman–Crippen LogP) is 0.0739. The van der Waals surface area contributed by atoms with E-state index in [0.29, 0.717) is 17.9 Å². The number of nitrogen functional groups attached to an aromatic ring is 1. The molecule has 0 saturated carbocycles. The smallest absolute Gasteiger partial charge is 0.271 e. The molecule has 6 heteroatoms. The third-order valence-electron chi connectivity index (χ3n) is 2.50. The Morgan fingerprint density at radius 2 is 2.24 bits per heavy atom. The number of nitrogens with zero attached hydrogens (tertiary/aromatic N) is 3. The molecule has 1 rings (SSSR count). The van der Waals surface area contributed by atoms with Crippen molar-refractivity contribution < 1.29 is 4.79 Å². The van der Waals surface area contributed by atoms with E-state index in [1.54, 1.807) is 7.05 Å². The van der Waals surface area contributed by atoms with E-state index in [1.165, 1.54) is 10.9 Å². The van der Waals surface area contributed by atoms with Gasteiger partial charge < -0.3 is 16.0 Å². The molecule has 0 aliphatic rings. The van der Waals surface area contributed by atoms with Gasteiger partial charge in [-0.05, 0) is 33.5 Å². The van der Waals surface area contributed by atoms with Crippen molar-refractivity contribution in [1.82, 2.24) is 20.0 Å². The number of carbonyl (C=O) groups excluding carboxylic acids is 1. The fraction of sp³-hybridized carbons (Fsp3) is 0.636. The van der Waals surface area contributed by atoms with Crippen LogP contribution >= 0.6 is 0 Å². The summed E-state index contributed by atoms with van der Waals surface area (Å²) >= 11 is 0. The maximum absolute atomic E-state index is 11.8. The molecule has 1 aromatic rings. The van der Waals surface area contributed by atoms with E-state index in [2.05, 4.69) is 15.3 Å². The van der Waals surface area contributed by atoms with E-state index in [1.807, 2.05) is 14.1 Å². The molecule has 1 amide bonds. The van der Waals surface area contributed by atoms with Crippen LogP contribution in [0.5, 0.6) is 0 Å². The first-order valence-corrected chi connectivity index (χ1v) is 5.72. The fourth-order valence-electron chi connectivity index (χ4n) is 1.57. The molecule has 0 spiro atoms. The largest absolute Gasteiger partial charge is 0.396 e. The molecule has 0 aliphatic heterocycles. The summed E-state index contributed by atoms with van der Waals surface area (Å²) in [7, 11) is 5.78. The molecule has 0 fully saturated rings. The van der Waals surface area contributed by atoms with Crippen LogP contribution in [0.1, 0.15) is 23.3 Å². The maximum Gasteiger partial charge on any atom is 0.271 e. The highest BCUT2D eigenvalue weighted by molar-refractivity contribution is 5.97. The minimum atomic E-state index is -0.160. The molecule has 0 aliphatic carbocycles. The van der Waals surface area contributed by atoms with Crippen molar-refractivity contribution in [3.05, 3.63) is 11.9 Å². The van der Waals surface area contributed by atoms with Crippen molar-refractivity contribution in [1.29, 1.82) is 0 Å². The minimum Gasteiger partial charge on any atom is -0.396 e. The first-order chi connectivity index (χ1) is 8.02. The van der Waals surface area contributed by atoms with Gasteiger partial charge in [0.1, 0.15) is 5.69 Å². The van der Waals surface area contributed by atoms with Crippen LogP contribution in [-0.4, -0.2) is 47.8 Å². The van der Waals surface area contributed by atoms with Gasteiger partial charge in [-0.1, -0.05) is 0 Å². The Morgan fingerprint density at radius 3 is 2.76 bits per heavy atom. The molecule has 1 heterocycles. The summed E-state index contributed by atoms with van der Waals surface area (Å²) in [5.41, 5.74) is 6.51. The molecule has 0 bridgehead atoms. The number of amides is 1. The molecule has 6 nitrogen and oxygen atoms in total. The minimum absolute atomic E-state index is 0.160. The third-order valence-corrected chi connectivity index (χ3v) is 2.50. The number of carbonyl (C=O) groups is 1. The summed E-state index contributed by atoms with van der Waals surface area (Å²) in [6.45, 7) is 1.70. The molecule has 3 N–H and O–H groups in total. The number of anilines is 1. The monoisotopic (exact) mass is 239 g/mol. The summed E-state index contributed by atoms with van der Waals surface area (Å²) < 4.78 is 1.49. The Labute approximate surface area is 102 Å². The van der Waals surface area contributed by atoms with Gasteiger partial charge in [0.25, 0.3) is 5.91 Å². The average Bonchev–Trinajstić information content (AvgIpc) is 2.57. The number of nitrogens with two attached hydrogens (primary N) is 1. The van der Waals surface area contributed by atoms with Crippen molar-refractivity contribution in [2.45, 2.75) is 12.8 Å². The van der Waals surface area contributed by atoms with Crippen molar-refractivity contribution >= 4 is 11.6 Å². The lowest BCUT2D eigenvalue weighted by molar-refractivity contribution is 0.0944. The first kappa shape index (κ1) is 13.5. The first-order valence-electron chi connectivity index (χ1n) is 5.72. The van der Waals surface area contributed by atoms with Gasteiger partial charge in [-0.2, -0.15) is 5.10 Å². The van der Waals surface area contributed by atoms with Gasteiger partial charge in [0.2, 0.25) is 0 Å². The number of rotatable bonds is 6. The van der Waals surface area contributed by atoms with Gasteiger partial charge in [0.15, 0.2) is 0 Å². The van der Waals surface area contributed by atoms with E-state index in [-0.39, 0.29) is 5.91 Å². The molecule has 0 atom stereocenters. The van der Waals surface area contributed by atoms with E-state index >= 15 is 0 Å². The normalized spacial score (nSPS) is 10.8. The van der Waals surface area contributed by atoms with Crippen molar-refractivity contribution in [2.75, 3.05) is 32.9 Å². The van der Waals surface area contributed by atoms with Gasteiger partial charge >= 0.3 is 0 Å². The summed E-state index contributed by atoms with van der Waals surface area (Å²) in [5, 5.41) is 6.77. The number of aryl methyl sites for hydroxylation is 1. The number of unbranched alkanes of at least 4 members (excludes halogenated alkanes) is 1. The van der Waals surface area contributed by atoms with E-state index in [9.17, 15) is 4.79 Å². The number of aromatic nitrogens is 2. The Morgan fingerprint density at radius 1 is 1.53 bits per heavy atom. The number of hydrogen-bond acceptors (Lipinski definition) is 4. The van der Waals surface area contributed by atoms with E-state index in [4.69, 9.17) is 5.73 Å². The summed E-state index contributed by atoms with van der Waals surface area (Å²) in [6.07, 6.45) is 3.51. The molecule has 0 aromatic carbocycles. The van der Waals surface area contributed by atoms with Gasteiger partial charge in [-0.3, -0.25) is 9.48 Å². The van der Waals surface area contributed by atoms with Gasteiger partial charge in [0.05, 0.1) is 11.9 Å². The quantitative estimate of drug-likeness (QED) is 0.689. The van der Waals surface area contributed by atoms with Crippen molar-refractivity contribution in [3.8, 4) is 0 Å². The van der Waals surface area contributed by atoms with Crippen LogP contribution in [0, 0.1) is 0 Å². The van der Waals surface area contributed by atoms with Crippen molar-refractivity contribution in [2.24, 2.45) is 7.05 Å². The maximum atomic E-state index is 11.8. The molecule has 0 saturated heterocycles. The molecule has 17 heavy (non-hydrogen) atoms. The summed E-state index contributed by atoms with van der Waals surface area (Å²) in [4.78, 5) is 13.9. The zero-order valence-electron chi connectivity index (χ0n) is 10.7.